The third-order valence-electron chi connectivity index (χ3n) is 4.58. The zero-order valence-corrected chi connectivity index (χ0v) is 15.6. The Morgan fingerprint density at radius 1 is 1.29 bits per heavy atom. The van der Waals surface area contributed by atoms with Crippen molar-refractivity contribution in [3.8, 4) is 0 Å². The highest BCUT2D eigenvalue weighted by Crippen LogP contribution is 2.24. The predicted octanol–water partition coefficient (Wildman–Crippen LogP) is 3.45. The molecular weight excluding hydrogens is 314 g/mol. The number of rotatable bonds is 10. The first-order valence-electron chi connectivity index (χ1n) is 9.25. The molecule has 0 radical (unpaired) electrons. The van der Waals surface area contributed by atoms with Gasteiger partial charge in [-0.1, -0.05) is 20.8 Å². The number of ether oxygens (including phenoxy) is 1. The molecule has 1 heterocycles. The van der Waals surface area contributed by atoms with Crippen LogP contribution in [0.4, 0.5) is 8.78 Å². The number of nitrogens with zero attached hydrogens (tertiary/aromatic N) is 1. The molecule has 1 saturated heterocycles. The standard InChI is InChI=1S/C18H34F2N2O2/c1-5-15(4)24-12-6-9-18(19,20)13-22-10-7-16(8-11-22)21-17(23)14(2)3/h14-16H,5-13H2,1-4H3,(H,21,23). The molecule has 0 spiro atoms. The second-order valence-corrected chi connectivity index (χ2v) is 7.26. The fourth-order valence-electron chi connectivity index (χ4n) is 2.74. The number of hydrogen-bond donors (Lipinski definition) is 1. The molecule has 0 aliphatic carbocycles. The molecule has 0 aromatic rings. The van der Waals surface area contributed by atoms with Gasteiger partial charge < -0.3 is 10.1 Å². The molecule has 24 heavy (non-hydrogen) atoms. The van der Waals surface area contributed by atoms with E-state index in [0.29, 0.717) is 26.1 Å². The molecule has 1 atom stereocenters. The molecule has 0 saturated carbocycles. The van der Waals surface area contributed by atoms with Crippen molar-refractivity contribution in [3.05, 3.63) is 0 Å². The Bertz CT molecular complexity index is 370. The zero-order valence-electron chi connectivity index (χ0n) is 15.6. The lowest BCUT2D eigenvalue weighted by molar-refractivity contribution is -0.125. The lowest BCUT2D eigenvalue weighted by atomic mass is 10.0. The van der Waals surface area contributed by atoms with Crippen LogP contribution in [0.15, 0.2) is 0 Å². The van der Waals surface area contributed by atoms with Crippen molar-refractivity contribution in [2.75, 3.05) is 26.2 Å². The Hall–Kier alpha value is -0.750. The second kappa shape index (κ2) is 10.3. The molecule has 1 amide bonds. The van der Waals surface area contributed by atoms with E-state index in [-0.39, 0.29) is 36.9 Å². The fraction of sp³-hybridized carbons (Fsp3) is 0.944. The van der Waals surface area contributed by atoms with Crippen molar-refractivity contribution in [1.29, 1.82) is 0 Å². The minimum atomic E-state index is -2.67. The number of halogens is 2. The highest BCUT2D eigenvalue weighted by Gasteiger charge is 2.33. The zero-order chi connectivity index (χ0) is 18.2. The van der Waals surface area contributed by atoms with Crippen LogP contribution in [-0.4, -0.2) is 55.1 Å². The molecule has 142 valence electrons. The molecule has 4 nitrogen and oxygen atoms in total. The van der Waals surface area contributed by atoms with Gasteiger partial charge in [0.25, 0.3) is 5.92 Å². The van der Waals surface area contributed by atoms with E-state index < -0.39 is 5.92 Å². The summed E-state index contributed by atoms with van der Waals surface area (Å²) >= 11 is 0. The Morgan fingerprint density at radius 2 is 1.92 bits per heavy atom. The van der Waals surface area contributed by atoms with E-state index >= 15 is 0 Å². The molecule has 1 fully saturated rings. The normalized spacial score (nSPS) is 18.8. The Balaban J connectivity index is 2.23. The smallest absolute Gasteiger partial charge is 0.260 e. The monoisotopic (exact) mass is 348 g/mol. The number of piperidine rings is 1. The van der Waals surface area contributed by atoms with Gasteiger partial charge >= 0.3 is 0 Å². The van der Waals surface area contributed by atoms with Gasteiger partial charge in [0.15, 0.2) is 0 Å². The summed E-state index contributed by atoms with van der Waals surface area (Å²) < 4.78 is 33.6. The van der Waals surface area contributed by atoms with Gasteiger partial charge in [0.2, 0.25) is 5.91 Å². The van der Waals surface area contributed by atoms with Crippen molar-refractivity contribution in [2.45, 2.75) is 77.9 Å². The summed E-state index contributed by atoms with van der Waals surface area (Å²) in [6.45, 7) is 9.12. The average molecular weight is 348 g/mol. The predicted molar refractivity (Wildman–Crippen MR) is 92.3 cm³/mol. The van der Waals surface area contributed by atoms with Crippen LogP contribution in [0.2, 0.25) is 0 Å². The van der Waals surface area contributed by atoms with Crippen LogP contribution in [0.3, 0.4) is 0 Å². The highest BCUT2D eigenvalue weighted by atomic mass is 19.3. The minimum Gasteiger partial charge on any atom is -0.379 e. The van der Waals surface area contributed by atoms with Crippen LogP contribution in [-0.2, 0) is 9.53 Å². The first-order valence-corrected chi connectivity index (χ1v) is 9.25. The van der Waals surface area contributed by atoms with Crippen molar-refractivity contribution in [1.82, 2.24) is 10.2 Å². The van der Waals surface area contributed by atoms with E-state index in [9.17, 15) is 13.6 Å². The maximum absolute atomic E-state index is 14.1. The molecule has 0 aromatic carbocycles. The highest BCUT2D eigenvalue weighted by molar-refractivity contribution is 5.78. The molecular formula is C18H34F2N2O2. The van der Waals surface area contributed by atoms with Gasteiger partial charge in [-0.2, -0.15) is 0 Å². The summed E-state index contributed by atoms with van der Waals surface area (Å²) in [5.41, 5.74) is 0. The third-order valence-corrected chi connectivity index (χ3v) is 4.58. The Kier molecular flexibility index (Phi) is 9.13. The maximum atomic E-state index is 14.1. The average Bonchev–Trinajstić information content (AvgIpc) is 2.52. The Morgan fingerprint density at radius 3 is 2.46 bits per heavy atom. The summed E-state index contributed by atoms with van der Waals surface area (Å²) in [6, 6.07) is 0.119. The van der Waals surface area contributed by atoms with Crippen LogP contribution in [0.5, 0.6) is 0 Å². The summed E-state index contributed by atoms with van der Waals surface area (Å²) in [4.78, 5) is 13.5. The van der Waals surface area contributed by atoms with Crippen molar-refractivity contribution >= 4 is 5.91 Å². The van der Waals surface area contributed by atoms with Gasteiger partial charge in [0.05, 0.1) is 12.6 Å². The van der Waals surface area contributed by atoms with Gasteiger partial charge in [-0.25, -0.2) is 8.78 Å². The van der Waals surface area contributed by atoms with Gasteiger partial charge in [0, 0.05) is 38.1 Å². The topological polar surface area (TPSA) is 41.6 Å². The molecule has 6 heteroatoms. The van der Waals surface area contributed by atoms with Crippen LogP contribution in [0, 0.1) is 5.92 Å². The van der Waals surface area contributed by atoms with Crippen molar-refractivity contribution in [2.24, 2.45) is 5.92 Å². The lowest BCUT2D eigenvalue weighted by Crippen LogP contribution is -2.48. The number of carbonyl (C=O) groups excluding carboxylic acids is 1. The summed E-state index contributed by atoms with van der Waals surface area (Å²) in [5, 5.41) is 2.99. The van der Waals surface area contributed by atoms with E-state index in [4.69, 9.17) is 4.74 Å². The van der Waals surface area contributed by atoms with Crippen LogP contribution >= 0.6 is 0 Å². The fourth-order valence-corrected chi connectivity index (χ4v) is 2.74. The van der Waals surface area contributed by atoms with Crippen molar-refractivity contribution < 1.29 is 18.3 Å². The summed E-state index contributed by atoms with van der Waals surface area (Å²) in [6.07, 6.45) is 2.78. The third kappa shape index (κ3) is 8.38. The van der Waals surface area contributed by atoms with E-state index in [0.717, 1.165) is 19.3 Å². The van der Waals surface area contributed by atoms with Gasteiger partial charge in [-0.15, -0.1) is 0 Å². The SMILES string of the molecule is CCC(C)OCCCC(F)(F)CN1CCC(NC(=O)C(C)C)CC1. The number of amides is 1. The van der Waals surface area contributed by atoms with Crippen LogP contribution < -0.4 is 5.32 Å². The summed E-state index contributed by atoms with van der Waals surface area (Å²) in [7, 11) is 0. The van der Waals surface area contributed by atoms with Crippen molar-refractivity contribution in [3.63, 3.8) is 0 Å². The van der Waals surface area contributed by atoms with E-state index in [1.807, 2.05) is 32.6 Å². The second-order valence-electron chi connectivity index (χ2n) is 7.26. The first-order chi connectivity index (χ1) is 11.2. The minimum absolute atomic E-state index is 0.0370. The molecule has 1 N–H and O–H groups in total. The van der Waals surface area contributed by atoms with Crippen LogP contribution in [0.1, 0.15) is 59.8 Å². The Labute approximate surface area is 145 Å². The number of nitrogens with one attached hydrogen (secondary N) is 1. The molecule has 0 bridgehead atoms. The molecule has 1 aliphatic rings. The number of alkyl halides is 2. The van der Waals surface area contributed by atoms with Gasteiger partial charge in [0.1, 0.15) is 0 Å². The first kappa shape index (κ1) is 21.3. The maximum Gasteiger partial charge on any atom is 0.260 e. The largest absolute Gasteiger partial charge is 0.379 e. The molecule has 0 aromatic heterocycles. The van der Waals surface area contributed by atoms with Gasteiger partial charge in [-0.05, 0) is 32.6 Å². The summed E-state index contributed by atoms with van der Waals surface area (Å²) in [5.74, 6) is -2.67. The number of carbonyl (C=O) groups is 1. The van der Waals surface area contributed by atoms with E-state index in [1.54, 1.807) is 0 Å². The van der Waals surface area contributed by atoms with E-state index in [1.165, 1.54) is 0 Å². The quantitative estimate of drug-likeness (QED) is 0.615. The number of likely N-dealkylation sites (tertiary alicyclic amines) is 1. The molecule has 1 rings (SSSR count). The molecule has 1 aliphatic heterocycles. The van der Waals surface area contributed by atoms with E-state index in [2.05, 4.69) is 5.32 Å². The molecule has 1 unspecified atom stereocenters. The van der Waals surface area contributed by atoms with Gasteiger partial charge in [-0.3, -0.25) is 9.69 Å². The van der Waals surface area contributed by atoms with Crippen LogP contribution in [0.25, 0.3) is 0 Å². The lowest BCUT2D eigenvalue weighted by Gasteiger charge is -2.34. The number of hydrogen-bond acceptors (Lipinski definition) is 3.